The fourth-order valence-corrected chi connectivity index (χ4v) is 4.32. The van der Waals surface area contributed by atoms with Crippen molar-refractivity contribution in [3.63, 3.8) is 0 Å². The number of nitrogen functional groups attached to an aromatic ring is 1. The van der Waals surface area contributed by atoms with Gasteiger partial charge in [-0.15, -0.1) is 4.89 Å². The molecule has 5 rings (SSSR count). The van der Waals surface area contributed by atoms with E-state index in [9.17, 15) is 13.6 Å². The van der Waals surface area contributed by atoms with E-state index in [1.807, 2.05) is 6.92 Å². The highest BCUT2D eigenvalue weighted by Gasteiger charge is 2.21. The van der Waals surface area contributed by atoms with Crippen molar-refractivity contribution in [2.75, 3.05) is 17.6 Å². The van der Waals surface area contributed by atoms with Crippen LogP contribution in [0.4, 0.5) is 20.3 Å². The number of fused-ring (bicyclic) bond motifs is 1. The first kappa shape index (κ1) is 25.3. The molecule has 0 saturated carbocycles. The zero-order valence-electron chi connectivity index (χ0n) is 20.2. The lowest BCUT2D eigenvalue weighted by molar-refractivity contribution is 0.103. The molecule has 38 heavy (non-hydrogen) atoms. The topological polar surface area (TPSA) is 119 Å². The molecule has 0 amide bonds. The smallest absolute Gasteiger partial charge is 0.214 e. The lowest BCUT2D eigenvalue weighted by atomic mass is 10.1. The predicted molar refractivity (Wildman–Crippen MR) is 142 cm³/mol. The molecule has 3 aromatic carbocycles. The third-order valence-corrected chi connectivity index (χ3v) is 6.32. The van der Waals surface area contributed by atoms with E-state index in [0.717, 1.165) is 17.7 Å². The van der Waals surface area contributed by atoms with Crippen molar-refractivity contribution in [3.8, 4) is 17.2 Å². The summed E-state index contributed by atoms with van der Waals surface area (Å²) < 4.78 is 38.2. The maximum absolute atomic E-state index is 14.4. The molecule has 0 aliphatic carbocycles. The van der Waals surface area contributed by atoms with Crippen LogP contribution in [0.1, 0.15) is 21.6 Å². The van der Waals surface area contributed by atoms with E-state index in [2.05, 4.69) is 19.7 Å². The van der Waals surface area contributed by atoms with Crippen molar-refractivity contribution in [2.24, 2.45) is 0 Å². The fraction of sp³-hybridized carbons (Fsp3) is 0.0769. The van der Waals surface area contributed by atoms with Crippen LogP contribution in [0.2, 0.25) is 0 Å². The third-order valence-electron chi connectivity index (χ3n) is 5.75. The highest BCUT2D eigenvalue weighted by Crippen LogP contribution is 2.30. The van der Waals surface area contributed by atoms with E-state index < -0.39 is 17.4 Å². The number of nitrogens with zero attached hydrogens (tertiary/aromatic N) is 2. The summed E-state index contributed by atoms with van der Waals surface area (Å²) in [5.41, 5.74) is 8.88. The average molecular weight is 537 g/mol. The van der Waals surface area contributed by atoms with Gasteiger partial charge in [-0.1, -0.05) is 12.1 Å². The number of benzene rings is 3. The van der Waals surface area contributed by atoms with Crippen molar-refractivity contribution in [3.05, 3.63) is 95.3 Å². The minimum absolute atomic E-state index is 0.109. The molecular weight excluding hydrogens is 514 g/mol. The van der Waals surface area contributed by atoms with E-state index in [4.69, 9.17) is 15.3 Å². The number of aromatic nitrogens is 3. The quantitative estimate of drug-likeness (QED) is 0.0823. The van der Waals surface area contributed by atoms with Gasteiger partial charge < -0.3 is 20.2 Å². The van der Waals surface area contributed by atoms with Crippen LogP contribution in [-0.2, 0) is 4.84 Å². The number of aryl methyl sites for hydroxylation is 1. The van der Waals surface area contributed by atoms with Crippen LogP contribution in [0.5, 0.6) is 11.5 Å². The molecule has 0 atom stereocenters. The standard InChI is InChI=1S/C26H22F2N6O3S/c1-14-9-16(37-24-6-4-3-5-18(24)27)7-8-23(14)34-26(29)17(13-30-34)25(35)22-11-15-10-19(28)21(12-20(15)31-22)32-38-33-36-2/h3-13,31-33H,29H2,1-2H3. The van der Waals surface area contributed by atoms with Gasteiger partial charge in [-0.2, -0.15) is 5.10 Å². The molecule has 0 fully saturated rings. The molecular formula is C26H22F2N6O3S. The molecule has 0 unspecified atom stereocenters. The number of carbonyl (C=O) groups excluding carboxylic acids is 1. The number of hydrogen-bond acceptors (Lipinski definition) is 8. The van der Waals surface area contributed by atoms with Crippen molar-refractivity contribution in [2.45, 2.75) is 6.92 Å². The van der Waals surface area contributed by atoms with Gasteiger partial charge in [-0.25, -0.2) is 13.5 Å². The Balaban J connectivity index is 1.39. The lowest BCUT2D eigenvalue weighted by Gasteiger charge is -2.12. The van der Waals surface area contributed by atoms with Crippen LogP contribution in [0.15, 0.2) is 66.9 Å². The Kier molecular flexibility index (Phi) is 7.01. The normalized spacial score (nSPS) is 11.2. The second kappa shape index (κ2) is 10.5. The summed E-state index contributed by atoms with van der Waals surface area (Å²) >= 11 is 0.949. The second-order valence-corrected chi connectivity index (χ2v) is 8.83. The van der Waals surface area contributed by atoms with Gasteiger partial charge in [0.05, 0.1) is 48.1 Å². The molecule has 0 radical (unpaired) electrons. The second-order valence-electron chi connectivity index (χ2n) is 8.26. The summed E-state index contributed by atoms with van der Waals surface area (Å²) in [5.74, 6) is -0.678. The van der Waals surface area contributed by atoms with Crippen LogP contribution in [0.3, 0.4) is 0 Å². The Hall–Kier alpha value is -4.39. The van der Waals surface area contributed by atoms with Crippen molar-refractivity contribution >= 4 is 40.3 Å². The Morgan fingerprint density at radius 3 is 2.68 bits per heavy atom. The van der Waals surface area contributed by atoms with Gasteiger partial charge in [0.1, 0.15) is 17.4 Å². The molecule has 12 heteroatoms. The highest BCUT2D eigenvalue weighted by molar-refractivity contribution is 7.98. The molecule has 0 aliphatic heterocycles. The van der Waals surface area contributed by atoms with E-state index >= 15 is 0 Å². The molecule has 5 N–H and O–H groups in total. The molecule has 194 valence electrons. The fourth-order valence-electron chi connectivity index (χ4n) is 3.92. The summed E-state index contributed by atoms with van der Waals surface area (Å²) in [6.07, 6.45) is 1.38. The van der Waals surface area contributed by atoms with Crippen LogP contribution in [0.25, 0.3) is 16.6 Å². The van der Waals surface area contributed by atoms with E-state index in [1.165, 1.54) is 36.2 Å². The maximum Gasteiger partial charge on any atom is 0.214 e. The zero-order valence-corrected chi connectivity index (χ0v) is 21.0. The molecule has 0 saturated heterocycles. The summed E-state index contributed by atoms with van der Waals surface area (Å²) in [5, 5.41) is 4.83. The van der Waals surface area contributed by atoms with Crippen molar-refractivity contribution in [1.29, 1.82) is 0 Å². The Bertz CT molecular complexity index is 1650. The van der Waals surface area contributed by atoms with Gasteiger partial charge in [0, 0.05) is 10.9 Å². The Morgan fingerprint density at radius 2 is 1.92 bits per heavy atom. The predicted octanol–water partition coefficient (Wildman–Crippen LogP) is 5.67. The van der Waals surface area contributed by atoms with E-state index in [1.54, 1.807) is 42.5 Å². The number of hydrogen-bond donors (Lipinski definition) is 4. The first-order valence-electron chi connectivity index (χ1n) is 11.3. The highest BCUT2D eigenvalue weighted by atomic mass is 32.2. The van der Waals surface area contributed by atoms with Crippen LogP contribution in [-0.4, -0.2) is 27.7 Å². The molecule has 0 aliphatic rings. The van der Waals surface area contributed by atoms with Gasteiger partial charge in [-0.05, 0) is 61.0 Å². The largest absolute Gasteiger partial charge is 0.454 e. The number of ether oxygens (including phenoxy) is 1. The number of nitrogens with two attached hydrogens (primary N) is 1. The summed E-state index contributed by atoms with van der Waals surface area (Å²) in [4.78, 5) is 23.5. The first-order chi connectivity index (χ1) is 18.4. The van der Waals surface area contributed by atoms with Gasteiger partial charge in [-0.3, -0.25) is 9.63 Å². The van der Waals surface area contributed by atoms with Crippen molar-refractivity contribution in [1.82, 2.24) is 19.6 Å². The average Bonchev–Trinajstić information content (AvgIpc) is 3.48. The molecule has 0 spiro atoms. The number of H-pyrrole nitrogens is 1. The summed E-state index contributed by atoms with van der Waals surface area (Å²) in [7, 11) is 1.43. The minimum atomic E-state index is -0.494. The molecule has 0 bridgehead atoms. The van der Waals surface area contributed by atoms with E-state index in [-0.39, 0.29) is 28.5 Å². The number of carbonyl (C=O) groups is 1. The number of halogens is 2. The summed E-state index contributed by atoms with van der Waals surface area (Å²) in [6.45, 7) is 1.82. The monoisotopic (exact) mass is 536 g/mol. The third kappa shape index (κ3) is 4.92. The van der Waals surface area contributed by atoms with Crippen LogP contribution < -0.4 is 20.1 Å². The minimum Gasteiger partial charge on any atom is -0.454 e. The molecule has 9 nitrogen and oxygen atoms in total. The Morgan fingerprint density at radius 1 is 1.11 bits per heavy atom. The van der Waals surface area contributed by atoms with Gasteiger partial charge >= 0.3 is 0 Å². The molecule has 5 aromatic rings. The summed E-state index contributed by atoms with van der Waals surface area (Å²) in [6, 6.07) is 15.7. The molecule has 2 aromatic heterocycles. The first-order valence-corrected chi connectivity index (χ1v) is 12.1. The van der Waals surface area contributed by atoms with Crippen LogP contribution in [0, 0.1) is 18.6 Å². The maximum atomic E-state index is 14.4. The van der Waals surface area contributed by atoms with Gasteiger partial charge in [0.25, 0.3) is 0 Å². The SMILES string of the molecule is CONSNc1cc2[nH]c(C(=O)c3cnn(-c4ccc(Oc5ccccc5F)cc4C)c3N)cc2cc1F. The Labute approximate surface area is 220 Å². The zero-order chi connectivity index (χ0) is 26.8. The number of ketones is 1. The number of aromatic amines is 1. The van der Waals surface area contributed by atoms with Gasteiger partial charge in [0.2, 0.25) is 5.78 Å². The van der Waals surface area contributed by atoms with Crippen LogP contribution >= 0.6 is 12.1 Å². The number of anilines is 2. The number of nitrogens with one attached hydrogen (secondary N) is 3. The lowest BCUT2D eigenvalue weighted by Crippen LogP contribution is -2.08. The number of para-hydroxylation sites is 1. The van der Waals surface area contributed by atoms with Gasteiger partial charge in [0.15, 0.2) is 11.6 Å². The number of rotatable bonds is 9. The molecule has 2 heterocycles. The van der Waals surface area contributed by atoms with Crippen molar-refractivity contribution < 1.29 is 23.1 Å². The van der Waals surface area contributed by atoms with E-state index in [0.29, 0.717) is 22.3 Å².